The van der Waals surface area contributed by atoms with Crippen molar-refractivity contribution >= 4 is 22.1 Å². The summed E-state index contributed by atoms with van der Waals surface area (Å²) in [5.74, 6) is 3.43. The van der Waals surface area contributed by atoms with Gasteiger partial charge in [0.2, 0.25) is 0 Å². The summed E-state index contributed by atoms with van der Waals surface area (Å²) in [6, 6.07) is 24.8. The lowest BCUT2D eigenvalue weighted by molar-refractivity contribution is 0.287. The summed E-state index contributed by atoms with van der Waals surface area (Å²) in [5.41, 5.74) is 4.46. The molecule has 0 aliphatic carbocycles. The molecule has 4 aromatic carbocycles. The van der Waals surface area contributed by atoms with Crippen LogP contribution in [0.3, 0.4) is 0 Å². The highest BCUT2D eigenvalue weighted by Gasteiger charge is 2.23. The monoisotopic (exact) mass is 506 g/mol. The molecule has 2 heterocycles. The van der Waals surface area contributed by atoms with E-state index in [2.05, 4.69) is 71.5 Å². The summed E-state index contributed by atoms with van der Waals surface area (Å²) >= 11 is 0. The fraction of sp³-hybridized carbons (Fsp3) is 0.188. The van der Waals surface area contributed by atoms with Gasteiger partial charge in [0.1, 0.15) is 36.2 Å². The van der Waals surface area contributed by atoms with Crippen molar-refractivity contribution in [1.29, 1.82) is 0 Å². The van der Waals surface area contributed by atoms with Crippen LogP contribution in [0.1, 0.15) is 11.1 Å². The second kappa shape index (κ2) is 10.4. The zero-order valence-electron chi connectivity index (χ0n) is 21.3. The molecular formula is C32H30N2O4. The van der Waals surface area contributed by atoms with E-state index in [1.54, 1.807) is 12.2 Å². The van der Waals surface area contributed by atoms with Crippen LogP contribution in [0.5, 0.6) is 23.0 Å². The molecule has 38 heavy (non-hydrogen) atoms. The summed E-state index contributed by atoms with van der Waals surface area (Å²) in [6.45, 7) is 10.8. The predicted octanol–water partition coefficient (Wildman–Crippen LogP) is 6.68. The zero-order chi connectivity index (χ0) is 25.9. The van der Waals surface area contributed by atoms with E-state index in [-0.39, 0.29) is 0 Å². The third kappa shape index (κ3) is 4.61. The van der Waals surface area contributed by atoms with Gasteiger partial charge in [-0.15, -0.1) is 0 Å². The van der Waals surface area contributed by atoms with Gasteiger partial charge < -0.3 is 28.7 Å². The number of fused-ring (bicyclic) bond motifs is 3. The van der Waals surface area contributed by atoms with Gasteiger partial charge in [0.25, 0.3) is 0 Å². The van der Waals surface area contributed by atoms with E-state index in [9.17, 15) is 0 Å². The molecule has 0 N–H and O–H groups in total. The van der Waals surface area contributed by atoms with Crippen molar-refractivity contribution in [2.75, 3.05) is 36.5 Å². The molecule has 0 spiro atoms. The molecule has 6 heteroatoms. The molecule has 6 rings (SSSR count). The Kier molecular flexibility index (Phi) is 6.53. The normalized spacial score (nSPS) is 14.1. The Labute approximate surface area is 222 Å². The smallest absolute Gasteiger partial charge is 0.161 e. The first kappa shape index (κ1) is 23.8. The number of ether oxygens (including phenoxy) is 4. The van der Waals surface area contributed by atoms with E-state index in [1.165, 1.54) is 10.8 Å². The van der Waals surface area contributed by atoms with Gasteiger partial charge in [-0.3, -0.25) is 0 Å². The molecule has 2 aliphatic rings. The Morgan fingerprint density at radius 2 is 1.13 bits per heavy atom. The highest BCUT2D eigenvalue weighted by molar-refractivity contribution is 6.02. The fourth-order valence-corrected chi connectivity index (χ4v) is 5.07. The lowest BCUT2D eigenvalue weighted by Gasteiger charge is -2.34. The lowest BCUT2D eigenvalue weighted by atomic mass is 10.0. The molecule has 0 amide bonds. The van der Waals surface area contributed by atoms with E-state index in [1.807, 2.05) is 24.3 Å². The van der Waals surface area contributed by atoms with Crippen molar-refractivity contribution in [3.05, 3.63) is 109 Å². The van der Waals surface area contributed by atoms with Crippen molar-refractivity contribution in [3.63, 3.8) is 0 Å². The van der Waals surface area contributed by atoms with Gasteiger partial charge in [0.15, 0.2) is 13.5 Å². The first-order chi connectivity index (χ1) is 18.7. The maximum absolute atomic E-state index is 6.13. The minimum absolute atomic E-state index is 0.476. The van der Waals surface area contributed by atoms with Crippen LogP contribution in [0.25, 0.3) is 10.8 Å². The maximum Gasteiger partial charge on any atom is 0.161 e. The van der Waals surface area contributed by atoms with E-state index in [0.717, 1.165) is 58.6 Å². The summed E-state index contributed by atoms with van der Waals surface area (Å²) in [6.07, 6.45) is 3.50. The molecule has 0 fully saturated rings. The molecule has 0 bridgehead atoms. The lowest BCUT2D eigenvalue weighted by Crippen LogP contribution is -2.33. The van der Waals surface area contributed by atoms with E-state index in [0.29, 0.717) is 26.7 Å². The molecule has 2 aliphatic heterocycles. The minimum atomic E-state index is 0.476. The van der Waals surface area contributed by atoms with Gasteiger partial charge in [0.05, 0.1) is 13.1 Å². The third-order valence-electron chi connectivity index (χ3n) is 6.83. The predicted molar refractivity (Wildman–Crippen MR) is 152 cm³/mol. The second-order valence-corrected chi connectivity index (χ2v) is 9.33. The van der Waals surface area contributed by atoms with Crippen molar-refractivity contribution in [2.45, 2.75) is 13.1 Å². The van der Waals surface area contributed by atoms with Crippen molar-refractivity contribution in [2.24, 2.45) is 0 Å². The summed E-state index contributed by atoms with van der Waals surface area (Å²) < 4.78 is 23.7. The summed E-state index contributed by atoms with van der Waals surface area (Å²) in [7, 11) is 0. The van der Waals surface area contributed by atoms with Crippen LogP contribution in [0.4, 0.5) is 11.4 Å². The number of rotatable bonds is 8. The molecule has 0 unspecified atom stereocenters. The van der Waals surface area contributed by atoms with Gasteiger partial charge in [0, 0.05) is 33.3 Å². The van der Waals surface area contributed by atoms with Crippen LogP contribution in [0.15, 0.2) is 98.1 Å². The first-order valence-corrected chi connectivity index (χ1v) is 12.7. The Bertz CT molecular complexity index is 1390. The quantitative estimate of drug-likeness (QED) is 0.248. The Morgan fingerprint density at radius 3 is 1.58 bits per heavy atom. The topological polar surface area (TPSA) is 43.4 Å². The maximum atomic E-state index is 6.13. The largest absolute Gasteiger partial charge is 0.490 e. The van der Waals surface area contributed by atoms with Crippen LogP contribution >= 0.6 is 0 Å². The van der Waals surface area contributed by atoms with Crippen LogP contribution in [0.2, 0.25) is 0 Å². The standard InChI is InChI=1S/C32H30N2O4/c1-3-15-35-25-11-13-31-23(17-25)19-33(21-37-31)29-9-5-8-28-27(29)7-6-10-30(28)34-20-24-18-26(36-16-4-2)12-14-32(24)38-22-34/h3-14,17-18H,1-2,15-16,19-22H2. The molecule has 0 atom stereocenters. The van der Waals surface area contributed by atoms with Gasteiger partial charge >= 0.3 is 0 Å². The third-order valence-corrected chi connectivity index (χ3v) is 6.83. The molecular weight excluding hydrogens is 476 g/mol. The van der Waals surface area contributed by atoms with Gasteiger partial charge in [-0.05, 0) is 48.5 Å². The molecule has 0 radical (unpaired) electrons. The summed E-state index contributed by atoms with van der Waals surface area (Å²) in [4.78, 5) is 4.52. The number of benzene rings is 4. The highest BCUT2D eigenvalue weighted by Crippen LogP contribution is 2.39. The molecule has 4 aromatic rings. The first-order valence-electron chi connectivity index (χ1n) is 12.7. The molecule has 0 saturated carbocycles. The van der Waals surface area contributed by atoms with Crippen LogP contribution < -0.4 is 28.7 Å². The average molecular weight is 507 g/mol. The van der Waals surface area contributed by atoms with Crippen molar-refractivity contribution in [1.82, 2.24) is 0 Å². The number of hydrogen-bond acceptors (Lipinski definition) is 6. The van der Waals surface area contributed by atoms with Gasteiger partial charge in [-0.2, -0.15) is 0 Å². The molecule has 0 aromatic heterocycles. The van der Waals surface area contributed by atoms with Gasteiger partial charge in [-0.25, -0.2) is 0 Å². The zero-order valence-corrected chi connectivity index (χ0v) is 21.3. The van der Waals surface area contributed by atoms with E-state index in [4.69, 9.17) is 18.9 Å². The second-order valence-electron chi connectivity index (χ2n) is 9.33. The van der Waals surface area contributed by atoms with E-state index < -0.39 is 0 Å². The Hall–Kier alpha value is -4.58. The highest BCUT2D eigenvalue weighted by atomic mass is 16.5. The molecule has 192 valence electrons. The van der Waals surface area contributed by atoms with Crippen molar-refractivity contribution in [3.8, 4) is 23.0 Å². The van der Waals surface area contributed by atoms with E-state index >= 15 is 0 Å². The Balaban J connectivity index is 1.29. The van der Waals surface area contributed by atoms with Crippen molar-refractivity contribution < 1.29 is 18.9 Å². The number of nitrogens with zero attached hydrogens (tertiary/aromatic N) is 2. The molecule has 6 nitrogen and oxygen atoms in total. The Morgan fingerprint density at radius 1 is 0.658 bits per heavy atom. The number of hydrogen-bond donors (Lipinski definition) is 0. The summed E-state index contributed by atoms with van der Waals surface area (Å²) in [5, 5.41) is 2.34. The number of anilines is 2. The van der Waals surface area contributed by atoms with Crippen LogP contribution in [-0.4, -0.2) is 26.7 Å². The minimum Gasteiger partial charge on any atom is -0.490 e. The fourth-order valence-electron chi connectivity index (χ4n) is 5.07. The average Bonchev–Trinajstić information content (AvgIpc) is 2.97. The SMILES string of the molecule is C=CCOc1ccc2c(c1)CN(c1cccc3c(N4COc5ccc(OCC=C)cc5C4)cccc13)CO2. The van der Waals surface area contributed by atoms with Gasteiger partial charge in [-0.1, -0.05) is 49.6 Å². The van der Waals surface area contributed by atoms with Crippen LogP contribution in [-0.2, 0) is 13.1 Å². The molecule has 0 saturated heterocycles. The van der Waals surface area contributed by atoms with Crippen LogP contribution in [0, 0.1) is 0 Å².